The molecule has 2 heterocycles. The van der Waals surface area contributed by atoms with E-state index in [0.717, 1.165) is 29.9 Å². The number of nitrogens with zero attached hydrogens (tertiary/aromatic N) is 1. The van der Waals surface area contributed by atoms with Crippen molar-refractivity contribution in [3.63, 3.8) is 0 Å². The summed E-state index contributed by atoms with van der Waals surface area (Å²) in [6.07, 6.45) is 1.93. The zero-order valence-electron chi connectivity index (χ0n) is 19.4. The molecule has 0 unspecified atom stereocenters. The van der Waals surface area contributed by atoms with Crippen LogP contribution in [0.4, 0.5) is 0 Å². The molecule has 0 radical (unpaired) electrons. The molecule has 1 atom stereocenters. The first-order valence-electron chi connectivity index (χ1n) is 11.0. The van der Waals surface area contributed by atoms with Crippen LogP contribution in [0.15, 0.2) is 64.5 Å². The molecule has 1 aromatic heterocycles. The molecular formula is C25H28N2O6S. The number of aliphatic imine (C=N–C) groups is 1. The monoisotopic (exact) mass is 484 g/mol. The SMILES string of the molecule is COC[C@H](C)Oc1cc(Oc2ccc(S(C)(=O)=O)cc2)cc(-c2ccc(C3=NCCCO3)[nH]2)c1. The minimum atomic E-state index is -3.28. The summed E-state index contributed by atoms with van der Waals surface area (Å²) in [6, 6.07) is 15.8. The minimum absolute atomic E-state index is 0.161. The molecule has 0 spiro atoms. The second-order valence-corrected chi connectivity index (χ2v) is 10.1. The lowest BCUT2D eigenvalue weighted by Crippen LogP contribution is -2.17. The molecule has 0 bridgehead atoms. The standard InChI is InChI=1S/C25H28N2O6S/c1-17(16-30-2)32-20-13-18(23-9-10-24(27-23)25-26-11-4-12-31-25)14-21(15-20)33-19-5-7-22(8-6-19)34(3,28)29/h5-10,13-15,17,27H,4,11-12,16H2,1-3H3/t17-/m0/s1. The molecule has 0 saturated heterocycles. The van der Waals surface area contributed by atoms with Crippen LogP contribution >= 0.6 is 0 Å². The first kappa shape index (κ1) is 23.8. The van der Waals surface area contributed by atoms with E-state index in [1.807, 2.05) is 31.2 Å². The predicted molar refractivity (Wildman–Crippen MR) is 130 cm³/mol. The number of benzene rings is 2. The van der Waals surface area contributed by atoms with E-state index in [4.69, 9.17) is 18.9 Å². The van der Waals surface area contributed by atoms with Gasteiger partial charge in [0, 0.05) is 43.7 Å². The molecular weight excluding hydrogens is 456 g/mol. The van der Waals surface area contributed by atoms with Gasteiger partial charge in [-0.25, -0.2) is 13.4 Å². The maximum absolute atomic E-state index is 11.7. The smallest absolute Gasteiger partial charge is 0.233 e. The number of aromatic nitrogens is 1. The first-order valence-corrected chi connectivity index (χ1v) is 12.9. The number of H-pyrrole nitrogens is 1. The van der Waals surface area contributed by atoms with Crippen LogP contribution in [0.25, 0.3) is 11.3 Å². The van der Waals surface area contributed by atoms with Crippen LogP contribution in [-0.2, 0) is 19.3 Å². The van der Waals surface area contributed by atoms with E-state index in [-0.39, 0.29) is 11.0 Å². The largest absolute Gasteiger partial charge is 0.488 e. The fourth-order valence-corrected chi connectivity index (χ4v) is 4.19. The van der Waals surface area contributed by atoms with Crippen molar-refractivity contribution in [3.05, 3.63) is 60.3 Å². The number of rotatable bonds is 9. The van der Waals surface area contributed by atoms with Crippen LogP contribution in [-0.4, -0.2) is 58.5 Å². The number of nitrogens with one attached hydrogen (secondary N) is 1. The van der Waals surface area contributed by atoms with Crippen LogP contribution in [0.1, 0.15) is 19.0 Å². The van der Waals surface area contributed by atoms with Crippen molar-refractivity contribution in [2.75, 3.05) is 33.1 Å². The first-order chi connectivity index (χ1) is 16.3. The molecule has 3 aromatic rings. The Morgan fingerprint density at radius 1 is 1.03 bits per heavy atom. The lowest BCUT2D eigenvalue weighted by atomic mass is 10.1. The topological polar surface area (TPSA) is 99.2 Å². The van der Waals surface area contributed by atoms with Crippen molar-refractivity contribution < 1.29 is 27.4 Å². The number of hydrogen-bond acceptors (Lipinski definition) is 7. The van der Waals surface area contributed by atoms with E-state index in [9.17, 15) is 8.42 Å². The summed E-state index contributed by atoms with van der Waals surface area (Å²) in [5.74, 6) is 2.29. The number of sulfone groups is 1. The van der Waals surface area contributed by atoms with Crippen LogP contribution in [0, 0.1) is 0 Å². The summed E-state index contributed by atoms with van der Waals surface area (Å²) in [6.45, 7) is 3.77. The Balaban J connectivity index is 1.64. The van der Waals surface area contributed by atoms with Crippen molar-refractivity contribution >= 4 is 15.7 Å². The highest BCUT2D eigenvalue weighted by atomic mass is 32.2. The van der Waals surface area contributed by atoms with E-state index >= 15 is 0 Å². The molecule has 180 valence electrons. The number of hydrogen-bond donors (Lipinski definition) is 1. The van der Waals surface area contributed by atoms with Crippen molar-refractivity contribution in [1.29, 1.82) is 0 Å². The van der Waals surface area contributed by atoms with Gasteiger partial charge in [0.2, 0.25) is 5.90 Å². The van der Waals surface area contributed by atoms with Crippen molar-refractivity contribution in [1.82, 2.24) is 4.98 Å². The number of methoxy groups -OCH3 is 1. The summed E-state index contributed by atoms with van der Waals surface area (Å²) in [5.41, 5.74) is 2.52. The third-order valence-corrected chi connectivity index (χ3v) is 6.26. The van der Waals surface area contributed by atoms with Gasteiger partial charge in [-0.3, -0.25) is 0 Å². The molecule has 0 fully saturated rings. The molecule has 8 nitrogen and oxygen atoms in total. The predicted octanol–water partition coefficient (Wildman–Crippen LogP) is 4.46. The lowest BCUT2D eigenvalue weighted by Gasteiger charge is -2.16. The summed E-state index contributed by atoms with van der Waals surface area (Å²) in [7, 11) is -1.65. The van der Waals surface area contributed by atoms with Gasteiger partial charge in [0.1, 0.15) is 29.0 Å². The Labute approximate surface area is 199 Å². The van der Waals surface area contributed by atoms with Gasteiger partial charge >= 0.3 is 0 Å². The van der Waals surface area contributed by atoms with Gasteiger partial charge in [0.25, 0.3) is 0 Å². The van der Waals surface area contributed by atoms with Gasteiger partial charge < -0.3 is 23.9 Å². The van der Waals surface area contributed by atoms with Crippen LogP contribution in [0.3, 0.4) is 0 Å². The number of ether oxygens (including phenoxy) is 4. The molecule has 0 aliphatic carbocycles. The molecule has 2 aromatic carbocycles. The Bertz CT molecular complexity index is 1260. The van der Waals surface area contributed by atoms with E-state index in [1.165, 1.54) is 18.4 Å². The van der Waals surface area contributed by atoms with Crippen molar-refractivity contribution in [2.45, 2.75) is 24.3 Å². The minimum Gasteiger partial charge on any atom is -0.488 e. The van der Waals surface area contributed by atoms with Gasteiger partial charge in [0.05, 0.1) is 18.1 Å². The maximum Gasteiger partial charge on any atom is 0.233 e. The molecule has 4 rings (SSSR count). The maximum atomic E-state index is 11.7. The fourth-order valence-electron chi connectivity index (χ4n) is 3.56. The van der Waals surface area contributed by atoms with Crippen molar-refractivity contribution in [2.24, 2.45) is 4.99 Å². The average molecular weight is 485 g/mol. The Morgan fingerprint density at radius 2 is 1.76 bits per heavy atom. The normalized spacial score (nSPS) is 14.7. The second-order valence-electron chi connectivity index (χ2n) is 8.10. The summed E-state index contributed by atoms with van der Waals surface area (Å²) >= 11 is 0. The zero-order valence-corrected chi connectivity index (χ0v) is 20.2. The highest BCUT2D eigenvalue weighted by Crippen LogP contribution is 2.33. The average Bonchev–Trinajstić information content (AvgIpc) is 3.30. The molecule has 1 aliphatic rings. The van der Waals surface area contributed by atoms with Crippen LogP contribution < -0.4 is 9.47 Å². The zero-order chi connectivity index (χ0) is 24.1. The van der Waals surface area contributed by atoms with E-state index < -0.39 is 9.84 Å². The van der Waals surface area contributed by atoms with Gasteiger partial charge in [-0.1, -0.05) is 0 Å². The Kier molecular flexibility index (Phi) is 7.23. The molecule has 1 N–H and O–H groups in total. The summed E-state index contributed by atoms with van der Waals surface area (Å²) < 4.78 is 46.4. The molecule has 0 amide bonds. The highest BCUT2D eigenvalue weighted by molar-refractivity contribution is 7.90. The van der Waals surface area contributed by atoms with Gasteiger partial charge in [-0.15, -0.1) is 0 Å². The van der Waals surface area contributed by atoms with Gasteiger partial charge in [0.15, 0.2) is 9.84 Å². The van der Waals surface area contributed by atoms with Crippen molar-refractivity contribution in [3.8, 4) is 28.5 Å². The Hall–Kier alpha value is -3.30. The number of aromatic amines is 1. The van der Waals surface area contributed by atoms with E-state index in [0.29, 0.717) is 36.4 Å². The fraction of sp³-hybridized carbons (Fsp3) is 0.320. The van der Waals surface area contributed by atoms with Gasteiger partial charge in [-0.05, 0) is 55.5 Å². The molecule has 34 heavy (non-hydrogen) atoms. The Morgan fingerprint density at radius 3 is 2.44 bits per heavy atom. The highest BCUT2D eigenvalue weighted by Gasteiger charge is 2.15. The second kappa shape index (κ2) is 10.3. The van der Waals surface area contributed by atoms with Gasteiger partial charge in [-0.2, -0.15) is 0 Å². The summed E-state index contributed by atoms with van der Waals surface area (Å²) in [4.78, 5) is 8.03. The van der Waals surface area contributed by atoms with E-state index in [2.05, 4.69) is 9.98 Å². The van der Waals surface area contributed by atoms with Crippen LogP contribution in [0.2, 0.25) is 0 Å². The molecule has 1 aliphatic heterocycles. The quantitative estimate of drug-likeness (QED) is 0.482. The van der Waals surface area contributed by atoms with Crippen LogP contribution in [0.5, 0.6) is 17.2 Å². The molecule has 0 saturated carbocycles. The molecule has 9 heteroatoms. The summed E-state index contributed by atoms with van der Waals surface area (Å²) in [5, 5.41) is 0. The third kappa shape index (κ3) is 5.98. The lowest BCUT2D eigenvalue weighted by molar-refractivity contribution is 0.0920. The van der Waals surface area contributed by atoms with E-state index in [1.54, 1.807) is 25.3 Å². The third-order valence-electron chi connectivity index (χ3n) is 5.13.